The smallest absolute Gasteiger partial charge is 0.0201 e. The molecule has 0 radical (unpaired) electrons. The van der Waals surface area contributed by atoms with Crippen LogP contribution >= 0.6 is 0 Å². The maximum Gasteiger partial charge on any atom is 0.0201 e. The SMILES string of the molecule is CCNC1CC(c2cccc(C)c2)CN(C)C1. The van der Waals surface area contributed by atoms with Crippen molar-refractivity contribution in [3.8, 4) is 0 Å². The minimum Gasteiger partial charge on any atom is -0.313 e. The van der Waals surface area contributed by atoms with Gasteiger partial charge in [0.25, 0.3) is 0 Å². The monoisotopic (exact) mass is 232 g/mol. The van der Waals surface area contributed by atoms with E-state index in [4.69, 9.17) is 0 Å². The van der Waals surface area contributed by atoms with Crippen molar-refractivity contribution in [1.29, 1.82) is 0 Å². The zero-order valence-corrected chi connectivity index (χ0v) is 11.2. The van der Waals surface area contributed by atoms with E-state index in [1.807, 2.05) is 0 Å². The van der Waals surface area contributed by atoms with Gasteiger partial charge in [-0.05, 0) is 38.4 Å². The minimum absolute atomic E-state index is 0.643. The third-order valence-electron chi connectivity index (χ3n) is 3.64. The van der Waals surface area contributed by atoms with E-state index in [9.17, 15) is 0 Å². The predicted octanol–water partition coefficient (Wildman–Crippen LogP) is 2.39. The van der Waals surface area contributed by atoms with Crippen LogP contribution in [-0.4, -0.2) is 37.6 Å². The quantitative estimate of drug-likeness (QED) is 0.861. The van der Waals surface area contributed by atoms with Gasteiger partial charge in [0, 0.05) is 19.1 Å². The van der Waals surface area contributed by atoms with Gasteiger partial charge >= 0.3 is 0 Å². The molecule has 0 amide bonds. The number of likely N-dealkylation sites (N-methyl/N-ethyl adjacent to an activating group) is 2. The van der Waals surface area contributed by atoms with Crippen molar-refractivity contribution >= 4 is 0 Å². The Kier molecular flexibility index (Phi) is 4.19. The summed E-state index contributed by atoms with van der Waals surface area (Å²) in [5.41, 5.74) is 2.87. The Hall–Kier alpha value is -0.860. The van der Waals surface area contributed by atoms with E-state index in [0.717, 1.165) is 6.54 Å². The van der Waals surface area contributed by atoms with Gasteiger partial charge in [-0.1, -0.05) is 36.8 Å². The van der Waals surface area contributed by atoms with Crippen LogP contribution in [0.3, 0.4) is 0 Å². The number of benzene rings is 1. The average molecular weight is 232 g/mol. The molecule has 94 valence electrons. The van der Waals surface area contributed by atoms with Gasteiger partial charge in [-0.15, -0.1) is 0 Å². The summed E-state index contributed by atoms with van der Waals surface area (Å²) in [6, 6.07) is 9.62. The Bertz CT molecular complexity index is 362. The highest BCUT2D eigenvalue weighted by molar-refractivity contribution is 5.26. The molecule has 2 atom stereocenters. The van der Waals surface area contributed by atoms with Gasteiger partial charge in [0.15, 0.2) is 0 Å². The Labute approximate surface area is 105 Å². The van der Waals surface area contributed by atoms with E-state index < -0.39 is 0 Å². The van der Waals surface area contributed by atoms with Gasteiger partial charge < -0.3 is 10.2 Å². The topological polar surface area (TPSA) is 15.3 Å². The molecule has 0 bridgehead atoms. The molecule has 2 rings (SSSR count). The normalized spacial score (nSPS) is 26.1. The first kappa shape index (κ1) is 12.6. The fraction of sp³-hybridized carbons (Fsp3) is 0.600. The lowest BCUT2D eigenvalue weighted by Gasteiger charge is -2.36. The molecule has 1 saturated heterocycles. The summed E-state index contributed by atoms with van der Waals surface area (Å²) in [4.78, 5) is 2.45. The molecule has 1 aliphatic heterocycles. The highest BCUT2D eigenvalue weighted by Gasteiger charge is 2.25. The van der Waals surface area contributed by atoms with Gasteiger partial charge in [0.1, 0.15) is 0 Å². The van der Waals surface area contributed by atoms with Gasteiger partial charge in [-0.2, -0.15) is 0 Å². The molecular formula is C15H24N2. The van der Waals surface area contributed by atoms with Gasteiger partial charge in [-0.25, -0.2) is 0 Å². The van der Waals surface area contributed by atoms with Crippen LogP contribution in [0.25, 0.3) is 0 Å². The molecule has 1 aliphatic rings. The number of likely N-dealkylation sites (tertiary alicyclic amines) is 1. The first-order valence-electron chi connectivity index (χ1n) is 6.67. The van der Waals surface area contributed by atoms with Crippen LogP contribution in [0.2, 0.25) is 0 Å². The summed E-state index contributed by atoms with van der Waals surface area (Å²) in [6.07, 6.45) is 1.27. The van der Waals surface area contributed by atoms with Gasteiger partial charge in [-0.3, -0.25) is 0 Å². The minimum atomic E-state index is 0.643. The van der Waals surface area contributed by atoms with E-state index in [1.54, 1.807) is 0 Å². The Morgan fingerprint density at radius 1 is 1.35 bits per heavy atom. The molecule has 2 unspecified atom stereocenters. The van der Waals surface area contributed by atoms with Crippen molar-refractivity contribution in [1.82, 2.24) is 10.2 Å². The number of hydrogen-bond acceptors (Lipinski definition) is 2. The number of aryl methyl sites for hydroxylation is 1. The molecule has 1 aromatic carbocycles. The second-order valence-electron chi connectivity index (χ2n) is 5.32. The predicted molar refractivity (Wildman–Crippen MR) is 73.5 cm³/mol. The average Bonchev–Trinajstić information content (AvgIpc) is 2.28. The molecule has 1 heterocycles. The first-order valence-corrected chi connectivity index (χ1v) is 6.67. The lowest BCUT2D eigenvalue weighted by atomic mass is 9.87. The molecule has 1 fully saturated rings. The van der Waals surface area contributed by atoms with Crippen molar-refractivity contribution < 1.29 is 0 Å². The Morgan fingerprint density at radius 2 is 2.18 bits per heavy atom. The van der Waals surface area contributed by atoms with Crippen LogP contribution in [0, 0.1) is 6.92 Å². The van der Waals surface area contributed by atoms with Gasteiger partial charge in [0.05, 0.1) is 0 Å². The lowest BCUT2D eigenvalue weighted by molar-refractivity contribution is 0.206. The van der Waals surface area contributed by atoms with Crippen LogP contribution in [0.1, 0.15) is 30.4 Å². The summed E-state index contributed by atoms with van der Waals surface area (Å²) in [5, 5.41) is 3.59. The Balaban J connectivity index is 2.09. The summed E-state index contributed by atoms with van der Waals surface area (Å²) < 4.78 is 0. The molecule has 0 saturated carbocycles. The van der Waals surface area contributed by atoms with Gasteiger partial charge in [0.2, 0.25) is 0 Å². The molecule has 0 spiro atoms. The van der Waals surface area contributed by atoms with E-state index >= 15 is 0 Å². The second kappa shape index (κ2) is 5.65. The third kappa shape index (κ3) is 3.30. The molecule has 17 heavy (non-hydrogen) atoms. The zero-order valence-electron chi connectivity index (χ0n) is 11.2. The third-order valence-corrected chi connectivity index (χ3v) is 3.64. The summed E-state index contributed by atoms with van der Waals surface area (Å²) in [5.74, 6) is 0.678. The number of rotatable bonds is 3. The van der Waals surface area contributed by atoms with Crippen molar-refractivity contribution in [2.24, 2.45) is 0 Å². The molecule has 0 aromatic heterocycles. The van der Waals surface area contributed by atoms with Crippen LogP contribution in [0.4, 0.5) is 0 Å². The highest BCUT2D eigenvalue weighted by Crippen LogP contribution is 2.26. The van der Waals surface area contributed by atoms with Crippen LogP contribution in [0.5, 0.6) is 0 Å². The maximum absolute atomic E-state index is 3.59. The summed E-state index contributed by atoms with van der Waals surface area (Å²) in [6.45, 7) is 7.80. The van der Waals surface area contributed by atoms with E-state index in [2.05, 4.69) is 55.4 Å². The summed E-state index contributed by atoms with van der Waals surface area (Å²) >= 11 is 0. The van der Waals surface area contributed by atoms with E-state index in [0.29, 0.717) is 12.0 Å². The maximum atomic E-state index is 3.59. The molecule has 1 N–H and O–H groups in total. The second-order valence-corrected chi connectivity index (χ2v) is 5.32. The number of piperidine rings is 1. The van der Waals surface area contributed by atoms with Crippen molar-refractivity contribution in [3.05, 3.63) is 35.4 Å². The number of hydrogen-bond donors (Lipinski definition) is 1. The fourth-order valence-corrected chi connectivity index (χ4v) is 2.92. The summed E-state index contributed by atoms with van der Waals surface area (Å²) in [7, 11) is 2.23. The largest absolute Gasteiger partial charge is 0.313 e. The van der Waals surface area contributed by atoms with Crippen molar-refractivity contribution in [2.75, 3.05) is 26.7 Å². The highest BCUT2D eigenvalue weighted by atomic mass is 15.1. The standard InChI is InChI=1S/C15H24N2/c1-4-16-15-9-14(10-17(3)11-15)13-7-5-6-12(2)8-13/h5-8,14-16H,4,9-11H2,1-3H3. The van der Waals surface area contributed by atoms with E-state index in [-0.39, 0.29) is 0 Å². The van der Waals surface area contributed by atoms with Crippen molar-refractivity contribution in [2.45, 2.75) is 32.2 Å². The zero-order chi connectivity index (χ0) is 12.3. The number of nitrogens with zero attached hydrogens (tertiary/aromatic N) is 1. The molecule has 0 aliphatic carbocycles. The van der Waals surface area contributed by atoms with Crippen LogP contribution in [-0.2, 0) is 0 Å². The van der Waals surface area contributed by atoms with E-state index in [1.165, 1.54) is 30.6 Å². The molecule has 1 aromatic rings. The first-order chi connectivity index (χ1) is 8.19. The molecular weight excluding hydrogens is 208 g/mol. The van der Waals surface area contributed by atoms with Crippen molar-refractivity contribution in [3.63, 3.8) is 0 Å². The molecule has 2 heteroatoms. The fourth-order valence-electron chi connectivity index (χ4n) is 2.92. The van der Waals surface area contributed by atoms with Crippen LogP contribution < -0.4 is 5.32 Å². The number of nitrogens with one attached hydrogen (secondary N) is 1. The lowest BCUT2D eigenvalue weighted by Crippen LogP contribution is -2.46. The molecule has 2 nitrogen and oxygen atoms in total. The van der Waals surface area contributed by atoms with Crippen LogP contribution in [0.15, 0.2) is 24.3 Å². The Morgan fingerprint density at radius 3 is 2.88 bits per heavy atom.